The summed E-state index contributed by atoms with van der Waals surface area (Å²) in [6.45, 7) is 7.51. The minimum atomic E-state index is -1.29. The van der Waals surface area contributed by atoms with Crippen LogP contribution in [0.2, 0.25) is 0 Å². The van der Waals surface area contributed by atoms with Crippen LogP contribution in [-0.2, 0) is 0 Å². The van der Waals surface area contributed by atoms with Crippen LogP contribution in [0.3, 0.4) is 0 Å². The molecule has 0 heterocycles. The third-order valence-corrected chi connectivity index (χ3v) is 2.38. The van der Waals surface area contributed by atoms with Gasteiger partial charge in [-0.2, -0.15) is 0 Å². The zero-order valence-corrected chi connectivity index (χ0v) is 10.0. The maximum Gasteiger partial charge on any atom is 0.108 e. The van der Waals surface area contributed by atoms with Crippen LogP contribution in [0.1, 0.15) is 40.5 Å². The van der Waals surface area contributed by atoms with Crippen molar-refractivity contribution in [2.24, 2.45) is 5.41 Å². The van der Waals surface area contributed by atoms with Crippen molar-refractivity contribution in [2.45, 2.75) is 65.0 Å². The Morgan fingerprint density at radius 3 is 1.60 bits per heavy atom. The summed E-state index contributed by atoms with van der Waals surface area (Å²) in [4.78, 5) is 0. The molecule has 0 aromatic heterocycles. The minimum Gasteiger partial charge on any atom is -0.390 e. The Balaban J connectivity index is 4.25. The normalized spacial score (nSPS) is 20.8. The summed E-state index contributed by atoms with van der Waals surface area (Å²) in [6, 6.07) is 0. The zero-order chi connectivity index (χ0) is 12.2. The van der Waals surface area contributed by atoms with E-state index >= 15 is 0 Å². The third kappa shape index (κ3) is 5.47. The van der Waals surface area contributed by atoms with Crippen molar-refractivity contribution in [3.8, 4) is 0 Å². The fraction of sp³-hybridized carbons (Fsp3) is 1.00. The van der Waals surface area contributed by atoms with E-state index in [0.717, 1.165) is 0 Å². The highest BCUT2D eigenvalue weighted by Crippen LogP contribution is 2.23. The molecule has 0 spiro atoms. The van der Waals surface area contributed by atoms with Crippen molar-refractivity contribution in [2.75, 3.05) is 0 Å². The number of aliphatic hydroxyl groups is 4. The quantitative estimate of drug-likeness (QED) is 0.536. The highest BCUT2D eigenvalue weighted by Gasteiger charge is 2.31. The molecule has 0 aliphatic carbocycles. The number of rotatable bonds is 5. The maximum absolute atomic E-state index is 9.65. The van der Waals surface area contributed by atoms with E-state index in [1.165, 1.54) is 0 Å². The van der Waals surface area contributed by atoms with Crippen molar-refractivity contribution >= 4 is 0 Å². The predicted octanol–water partition coefficient (Wildman–Crippen LogP) is 0.276. The van der Waals surface area contributed by atoms with Gasteiger partial charge >= 0.3 is 0 Å². The molecule has 0 aromatic carbocycles. The van der Waals surface area contributed by atoms with Crippen LogP contribution in [-0.4, -0.2) is 44.8 Å². The summed E-state index contributed by atoms with van der Waals surface area (Å²) < 4.78 is 0. The molecule has 92 valence electrons. The molecule has 3 unspecified atom stereocenters. The van der Waals surface area contributed by atoms with Gasteiger partial charge in [-0.1, -0.05) is 27.7 Å². The second-order valence-electron chi connectivity index (χ2n) is 5.29. The Hall–Kier alpha value is -0.160. The largest absolute Gasteiger partial charge is 0.390 e. The van der Waals surface area contributed by atoms with Crippen LogP contribution in [0.25, 0.3) is 0 Å². The first kappa shape index (κ1) is 14.8. The van der Waals surface area contributed by atoms with Gasteiger partial charge in [0.15, 0.2) is 0 Å². The highest BCUT2D eigenvalue weighted by molar-refractivity contribution is 4.82. The van der Waals surface area contributed by atoms with Gasteiger partial charge in [-0.3, -0.25) is 0 Å². The Morgan fingerprint density at radius 2 is 1.27 bits per heavy atom. The first-order valence-corrected chi connectivity index (χ1v) is 5.41. The fourth-order valence-corrected chi connectivity index (χ4v) is 1.44. The summed E-state index contributed by atoms with van der Waals surface area (Å²) in [6.07, 6.45) is -3.86. The molecule has 0 bridgehead atoms. The van der Waals surface area contributed by atoms with Crippen molar-refractivity contribution in [3.05, 3.63) is 0 Å². The molecular formula is C11H24O4. The zero-order valence-electron chi connectivity index (χ0n) is 10.0. The summed E-state index contributed by atoms with van der Waals surface area (Å²) >= 11 is 0. The molecule has 15 heavy (non-hydrogen) atoms. The van der Waals surface area contributed by atoms with E-state index in [9.17, 15) is 20.4 Å². The standard InChI is InChI=1S/C11H24O4/c1-5-7(12)9(14)10(15)8(13)6-11(2,3)4/h7-10,12-15H,5-6H2,1-4H3/t7-,8?,9?,10?/m1/s1. The van der Waals surface area contributed by atoms with Gasteiger partial charge in [0.1, 0.15) is 12.2 Å². The molecule has 0 saturated heterocycles. The number of hydrogen-bond acceptors (Lipinski definition) is 4. The topological polar surface area (TPSA) is 80.9 Å². The summed E-state index contributed by atoms with van der Waals surface area (Å²) in [5, 5.41) is 38.1. The van der Waals surface area contributed by atoms with Crippen molar-refractivity contribution in [1.82, 2.24) is 0 Å². The maximum atomic E-state index is 9.65. The Kier molecular flexibility index (Phi) is 5.73. The molecule has 4 nitrogen and oxygen atoms in total. The van der Waals surface area contributed by atoms with Gasteiger partial charge in [-0.05, 0) is 18.3 Å². The second-order valence-corrected chi connectivity index (χ2v) is 5.29. The van der Waals surface area contributed by atoms with E-state index in [-0.39, 0.29) is 5.41 Å². The van der Waals surface area contributed by atoms with Gasteiger partial charge in [0, 0.05) is 0 Å². The van der Waals surface area contributed by atoms with Gasteiger partial charge in [0.25, 0.3) is 0 Å². The molecule has 4 N–H and O–H groups in total. The highest BCUT2D eigenvalue weighted by atomic mass is 16.4. The molecule has 0 aliphatic heterocycles. The second kappa shape index (κ2) is 5.80. The minimum absolute atomic E-state index is 0.128. The van der Waals surface area contributed by atoms with E-state index in [1.807, 2.05) is 20.8 Å². The summed E-state index contributed by atoms with van der Waals surface area (Å²) in [5.41, 5.74) is -0.128. The van der Waals surface area contributed by atoms with Crippen LogP contribution >= 0.6 is 0 Å². The van der Waals surface area contributed by atoms with Crippen LogP contribution in [0.5, 0.6) is 0 Å². The molecule has 0 aromatic rings. The molecule has 0 fully saturated rings. The number of hydrogen-bond donors (Lipinski definition) is 4. The fourth-order valence-electron chi connectivity index (χ4n) is 1.44. The van der Waals surface area contributed by atoms with Gasteiger partial charge in [0.05, 0.1) is 12.2 Å². The van der Waals surface area contributed by atoms with Gasteiger partial charge in [-0.25, -0.2) is 0 Å². The van der Waals surface area contributed by atoms with E-state index in [4.69, 9.17) is 0 Å². The average Bonchev–Trinajstić information content (AvgIpc) is 2.11. The SMILES string of the molecule is CC[C@@H](O)C(O)C(O)C(O)CC(C)(C)C. The first-order valence-electron chi connectivity index (χ1n) is 5.41. The van der Waals surface area contributed by atoms with E-state index < -0.39 is 24.4 Å². The molecule has 0 aliphatic rings. The lowest BCUT2D eigenvalue weighted by molar-refractivity contribution is -0.112. The lowest BCUT2D eigenvalue weighted by Crippen LogP contribution is -2.45. The summed E-state index contributed by atoms with van der Waals surface area (Å²) in [7, 11) is 0. The van der Waals surface area contributed by atoms with Crippen molar-refractivity contribution in [1.29, 1.82) is 0 Å². The van der Waals surface area contributed by atoms with Crippen molar-refractivity contribution in [3.63, 3.8) is 0 Å². The number of aliphatic hydroxyl groups excluding tert-OH is 4. The lowest BCUT2D eigenvalue weighted by Gasteiger charge is -2.30. The molecule has 0 rings (SSSR count). The Morgan fingerprint density at radius 1 is 0.867 bits per heavy atom. The average molecular weight is 220 g/mol. The lowest BCUT2D eigenvalue weighted by atomic mass is 9.85. The van der Waals surface area contributed by atoms with E-state index in [1.54, 1.807) is 6.92 Å². The van der Waals surface area contributed by atoms with Crippen LogP contribution in [0.15, 0.2) is 0 Å². The van der Waals surface area contributed by atoms with Crippen molar-refractivity contribution < 1.29 is 20.4 Å². The van der Waals surface area contributed by atoms with Crippen LogP contribution < -0.4 is 0 Å². The molecule has 0 radical (unpaired) electrons. The molecule has 0 saturated carbocycles. The monoisotopic (exact) mass is 220 g/mol. The van der Waals surface area contributed by atoms with E-state index in [2.05, 4.69) is 0 Å². The third-order valence-electron chi connectivity index (χ3n) is 2.38. The first-order chi connectivity index (χ1) is 6.69. The molecule has 4 atom stereocenters. The molecule has 0 amide bonds. The van der Waals surface area contributed by atoms with Crippen LogP contribution in [0, 0.1) is 5.41 Å². The molecular weight excluding hydrogens is 196 g/mol. The van der Waals surface area contributed by atoms with Gasteiger partial charge < -0.3 is 20.4 Å². The predicted molar refractivity (Wildman–Crippen MR) is 58.4 cm³/mol. The van der Waals surface area contributed by atoms with Gasteiger partial charge in [-0.15, -0.1) is 0 Å². The summed E-state index contributed by atoms with van der Waals surface area (Å²) in [5.74, 6) is 0. The Bertz CT molecular complexity index is 176. The van der Waals surface area contributed by atoms with E-state index in [0.29, 0.717) is 12.8 Å². The molecule has 4 heteroatoms. The van der Waals surface area contributed by atoms with Gasteiger partial charge in [0.2, 0.25) is 0 Å². The van der Waals surface area contributed by atoms with Crippen LogP contribution in [0.4, 0.5) is 0 Å². The smallest absolute Gasteiger partial charge is 0.108 e. The Labute approximate surface area is 91.6 Å².